The minimum Gasteiger partial charge on any atom is -0.347 e. The molecule has 0 radical (unpaired) electrons. The average molecular weight is 277 g/mol. The molecular formula is C13H15F4NO. The number of benzene rings is 1. The molecule has 0 fully saturated rings. The lowest BCUT2D eigenvalue weighted by atomic mass is 10.0. The number of hydrogen-bond donors (Lipinski definition) is 1. The van der Waals surface area contributed by atoms with E-state index >= 15 is 0 Å². The van der Waals surface area contributed by atoms with Gasteiger partial charge in [0, 0.05) is 6.54 Å². The van der Waals surface area contributed by atoms with Crippen molar-refractivity contribution >= 4 is 5.91 Å². The van der Waals surface area contributed by atoms with E-state index in [1.54, 1.807) is 29.6 Å². The van der Waals surface area contributed by atoms with Gasteiger partial charge in [0.2, 0.25) is 0 Å². The highest BCUT2D eigenvalue weighted by Crippen LogP contribution is 2.23. The number of carbonyl (C=O) groups excluding carboxylic acids is 1. The number of halogens is 4. The van der Waals surface area contributed by atoms with Crippen LogP contribution >= 0.6 is 0 Å². The van der Waals surface area contributed by atoms with Crippen LogP contribution in [0, 0.1) is 0 Å². The topological polar surface area (TPSA) is 29.1 Å². The van der Waals surface area contributed by atoms with Crippen LogP contribution in [0.25, 0.3) is 0 Å². The first-order chi connectivity index (χ1) is 8.75. The summed E-state index contributed by atoms with van der Waals surface area (Å²) in [5.74, 6) is -6.29. The Hall–Kier alpha value is -1.59. The normalized spacial score (nSPS) is 12.0. The van der Waals surface area contributed by atoms with E-state index in [4.69, 9.17) is 0 Å². The van der Waals surface area contributed by atoms with E-state index in [9.17, 15) is 22.4 Å². The molecule has 19 heavy (non-hydrogen) atoms. The van der Waals surface area contributed by atoms with Gasteiger partial charge in [0.15, 0.2) is 0 Å². The molecule has 2 nitrogen and oxygen atoms in total. The first kappa shape index (κ1) is 15.5. The van der Waals surface area contributed by atoms with E-state index in [1.165, 1.54) is 0 Å². The molecule has 1 amide bonds. The summed E-state index contributed by atoms with van der Waals surface area (Å²) in [5, 5.41) is 1.80. The maximum absolute atomic E-state index is 12.7. The van der Waals surface area contributed by atoms with Gasteiger partial charge in [-0.05, 0) is 17.0 Å². The lowest BCUT2D eigenvalue weighted by Gasteiger charge is -2.15. The first-order valence-corrected chi connectivity index (χ1v) is 5.78. The number of alkyl halides is 4. The SMILES string of the molecule is CC(C)c1ccc(CNC(=O)C(F)(F)C(F)F)cc1. The third-order valence-corrected chi connectivity index (χ3v) is 2.68. The molecular weight excluding hydrogens is 262 g/mol. The smallest absolute Gasteiger partial charge is 0.347 e. The van der Waals surface area contributed by atoms with Crippen molar-refractivity contribution in [2.24, 2.45) is 0 Å². The van der Waals surface area contributed by atoms with Crippen LogP contribution < -0.4 is 5.32 Å². The van der Waals surface area contributed by atoms with Gasteiger partial charge in [0.1, 0.15) is 0 Å². The molecule has 0 spiro atoms. The van der Waals surface area contributed by atoms with Crippen LogP contribution in [0.1, 0.15) is 30.9 Å². The molecule has 0 atom stereocenters. The molecule has 0 bridgehead atoms. The Kier molecular flexibility index (Phi) is 4.91. The van der Waals surface area contributed by atoms with Gasteiger partial charge in [-0.1, -0.05) is 38.1 Å². The maximum Gasteiger partial charge on any atom is 0.383 e. The van der Waals surface area contributed by atoms with Crippen molar-refractivity contribution in [1.82, 2.24) is 5.32 Å². The lowest BCUT2D eigenvalue weighted by molar-refractivity contribution is -0.169. The van der Waals surface area contributed by atoms with Crippen molar-refractivity contribution < 1.29 is 22.4 Å². The minimum atomic E-state index is -4.65. The Balaban J connectivity index is 2.60. The van der Waals surface area contributed by atoms with E-state index in [2.05, 4.69) is 0 Å². The molecule has 0 aliphatic rings. The summed E-state index contributed by atoms with van der Waals surface area (Å²) in [6.45, 7) is 3.79. The molecule has 106 valence electrons. The maximum atomic E-state index is 12.7. The summed E-state index contributed by atoms with van der Waals surface area (Å²) in [5.41, 5.74) is 1.64. The summed E-state index contributed by atoms with van der Waals surface area (Å²) in [6.07, 6.45) is -4.00. The monoisotopic (exact) mass is 277 g/mol. The quantitative estimate of drug-likeness (QED) is 0.822. The summed E-state index contributed by atoms with van der Waals surface area (Å²) in [6, 6.07) is 6.93. The Morgan fingerprint density at radius 3 is 2.16 bits per heavy atom. The predicted molar refractivity (Wildman–Crippen MR) is 63.3 cm³/mol. The molecule has 0 saturated carbocycles. The second kappa shape index (κ2) is 6.04. The van der Waals surface area contributed by atoms with Gasteiger partial charge in [-0.2, -0.15) is 8.78 Å². The molecule has 1 aromatic rings. The molecule has 0 heterocycles. The number of nitrogens with one attached hydrogen (secondary N) is 1. The van der Waals surface area contributed by atoms with Crippen LogP contribution in [0.5, 0.6) is 0 Å². The minimum absolute atomic E-state index is 0.209. The second-order valence-electron chi connectivity index (χ2n) is 4.50. The highest BCUT2D eigenvalue weighted by molar-refractivity contribution is 5.83. The summed E-state index contributed by atoms with van der Waals surface area (Å²) in [7, 11) is 0. The van der Waals surface area contributed by atoms with Crippen molar-refractivity contribution in [3.63, 3.8) is 0 Å². The van der Waals surface area contributed by atoms with Crippen molar-refractivity contribution in [1.29, 1.82) is 0 Å². The first-order valence-electron chi connectivity index (χ1n) is 5.78. The van der Waals surface area contributed by atoms with E-state index in [0.717, 1.165) is 5.56 Å². The fourth-order valence-corrected chi connectivity index (χ4v) is 1.42. The summed E-state index contributed by atoms with van der Waals surface area (Å²) >= 11 is 0. The van der Waals surface area contributed by atoms with Crippen LogP contribution in [0.4, 0.5) is 17.6 Å². The van der Waals surface area contributed by atoms with Crippen LogP contribution in [0.2, 0.25) is 0 Å². The van der Waals surface area contributed by atoms with Gasteiger partial charge in [-0.15, -0.1) is 0 Å². The number of amides is 1. The zero-order valence-electron chi connectivity index (χ0n) is 10.6. The van der Waals surface area contributed by atoms with Crippen LogP contribution in [0.3, 0.4) is 0 Å². The van der Waals surface area contributed by atoms with Crippen LogP contribution in [-0.2, 0) is 11.3 Å². The van der Waals surface area contributed by atoms with Gasteiger partial charge < -0.3 is 5.32 Å². The van der Waals surface area contributed by atoms with Gasteiger partial charge in [0.25, 0.3) is 5.91 Å². The molecule has 6 heteroatoms. The number of hydrogen-bond acceptors (Lipinski definition) is 1. The van der Waals surface area contributed by atoms with Crippen molar-refractivity contribution in [2.45, 2.75) is 38.7 Å². The zero-order valence-corrected chi connectivity index (χ0v) is 10.6. The molecule has 0 aromatic heterocycles. The van der Waals surface area contributed by atoms with Crippen molar-refractivity contribution in [2.75, 3.05) is 0 Å². The van der Waals surface area contributed by atoms with Crippen molar-refractivity contribution in [3.05, 3.63) is 35.4 Å². The lowest BCUT2D eigenvalue weighted by Crippen LogP contribution is -2.44. The van der Waals surface area contributed by atoms with Gasteiger partial charge >= 0.3 is 12.3 Å². The summed E-state index contributed by atoms with van der Waals surface area (Å²) in [4.78, 5) is 10.9. The van der Waals surface area contributed by atoms with Gasteiger partial charge in [-0.25, -0.2) is 8.78 Å². The third kappa shape index (κ3) is 3.94. The molecule has 0 aliphatic carbocycles. The average Bonchev–Trinajstić information content (AvgIpc) is 2.36. The third-order valence-electron chi connectivity index (χ3n) is 2.68. The van der Waals surface area contributed by atoms with Crippen molar-refractivity contribution in [3.8, 4) is 0 Å². The highest BCUT2D eigenvalue weighted by atomic mass is 19.3. The van der Waals surface area contributed by atoms with E-state index < -0.39 is 18.3 Å². The van der Waals surface area contributed by atoms with Crippen LogP contribution in [-0.4, -0.2) is 18.3 Å². The van der Waals surface area contributed by atoms with E-state index in [1.807, 2.05) is 13.8 Å². The number of rotatable bonds is 5. The molecule has 0 saturated heterocycles. The molecule has 1 N–H and O–H groups in total. The zero-order chi connectivity index (χ0) is 14.6. The van der Waals surface area contributed by atoms with Gasteiger partial charge in [0.05, 0.1) is 0 Å². The molecule has 0 unspecified atom stereocenters. The molecule has 1 aromatic carbocycles. The van der Waals surface area contributed by atoms with E-state index in [0.29, 0.717) is 11.5 Å². The Morgan fingerprint density at radius 1 is 1.21 bits per heavy atom. The highest BCUT2D eigenvalue weighted by Gasteiger charge is 2.48. The van der Waals surface area contributed by atoms with Crippen LogP contribution in [0.15, 0.2) is 24.3 Å². The standard InChI is InChI=1S/C13H15F4NO/c1-8(2)10-5-3-9(4-6-10)7-18-12(19)13(16,17)11(14)15/h3-6,8,11H,7H2,1-2H3,(H,18,19). The fraction of sp³-hybridized carbons (Fsp3) is 0.462. The Morgan fingerprint density at radius 2 is 1.74 bits per heavy atom. The Labute approximate surface area is 108 Å². The molecule has 0 aliphatic heterocycles. The molecule has 1 rings (SSSR count). The second-order valence-corrected chi connectivity index (χ2v) is 4.50. The van der Waals surface area contributed by atoms with E-state index in [-0.39, 0.29) is 6.54 Å². The Bertz CT molecular complexity index is 429. The summed E-state index contributed by atoms with van der Waals surface area (Å²) < 4.78 is 49.1. The van der Waals surface area contributed by atoms with Gasteiger partial charge in [-0.3, -0.25) is 4.79 Å². The number of carbonyl (C=O) groups is 1. The predicted octanol–water partition coefficient (Wildman–Crippen LogP) is 3.33. The largest absolute Gasteiger partial charge is 0.383 e. The fourth-order valence-electron chi connectivity index (χ4n) is 1.42.